The molecule has 1 fully saturated rings. The molecule has 0 aliphatic carbocycles. The van der Waals surface area contributed by atoms with Crippen molar-refractivity contribution in [3.63, 3.8) is 0 Å². The number of hydrogen-bond donors (Lipinski definition) is 0. The van der Waals surface area contributed by atoms with Crippen molar-refractivity contribution < 1.29 is 9.32 Å². The Morgan fingerprint density at radius 3 is 2.91 bits per heavy atom. The van der Waals surface area contributed by atoms with E-state index in [-0.39, 0.29) is 17.9 Å². The number of anilines is 1. The summed E-state index contributed by atoms with van der Waals surface area (Å²) in [6, 6.07) is 13.6. The Balaban J connectivity index is 1.27. The number of para-hydroxylation sites is 1. The molecular weight excluding hydrogens is 447 g/mol. The van der Waals surface area contributed by atoms with Gasteiger partial charge in [0.1, 0.15) is 0 Å². The standard InChI is InChI=1S/C24H24Cl2N4O2/c1-15-11-16-5-2-3-7-21(16)30(15)24(31)17-6-4-10-29(13-17)14-22-27-23(28-32-22)19-9-8-18(25)12-20(19)26/h2-3,5,7-9,12,15,17H,4,6,10-11,13-14H2,1H3. The van der Waals surface area contributed by atoms with E-state index in [2.05, 4.69) is 34.1 Å². The number of nitrogens with zero attached hydrogens (tertiary/aromatic N) is 4. The van der Waals surface area contributed by atoms with Crippen LogP contribution >= 0.6 is 23.2 Å². The molecule has 0 bridgehead atoms. The van der Waals surface area contributed by atoms with Crippen molar-refractivity contribution in [3.05, 3.63) is 64.0 Å². The summed E-state index contributed by atoms with van der Waals surface area (Å²) in [5.41, 5.74) is 2.99. The first-order valence-electron chi connectivity index (χ1n) is 10.9. The molecule has 2 atom stereocenters. The van der Waals surface area contributed by atoms with Crippen LogP contribution in [-0.4, -0.2) is 40.1 Å². The quantitative estimate of drug-likeness (QED) is 0.521. The molecule has 1 amide bonds. The molecule has 3 aromatic rings. The molecule has 0 radical (unpaired) electrons. The molecule has 0 N–H and O–H groups in total. The van der Waals surface area contributed by atoms with E-state index in [0.29, 0.717) is 40.4 Å². The fourth-order valence-corrected chi connectivity index (χ4v) is 5.28. The second-order valence-electron chi connectivity index (χ2n) is 8.60. The van der Waals surface area contributed by atoms with Crippen molar-refractivity contribution in [3.8, 4) is 11.4 Å². The average molecular weight is 471 g/mol. The normalized spacial score (nSPS) is 21.0. The van der Waals surface area contributed by atoms with Gasteiger partial charge in [0.2, 0.25) is 17.6 Å². The lowest BCUT2D eigenvalue weighted by Gasteiger charge is -2.34. The van der Waals surface area contributed by atoms with E-state index in [1.807, 2.05) is 17.0 Å². The maximum atomic E-state index is 13.4. The highest BCUT2D eigenvalue weighted by Gasteiger charge is 2.36. The van der Waals surface area contributed by atoms with E-state index in [1.165, 1.54) is 5.56 Å². The van der Waals surface area contributed by atoms with E-state index in [4.69, 9.17) is 27.7 Å². The van der Waals surface area contributed by atoms with Gasteiger partial charge in [0.25, 0.3) is 0 Å². The molecule has 3 heterocycles. The summed E-state index contributed by atoms with van der Waals surface area (Å²) in [5, 5.41) is 5.12. The number of carbonyl (C=O) groups is 1. The minimum atomic E-state index is -0.0366. The summed E-state index contributed by atoms with van der Waals surface area (Å²) in [6.07, 6.45) is 2.77. The van der Waals surface area contributed by atoms with Crippen LogP contribution in [-0.2, 0) is 17.8 Å². The molecule has 0 saturated carbocycles. The lowest BCUT2D eigenvalue weighted by molar-refractivity contribution is -0.124. The van der Waals surface area contributed by atoms with Gasteiger partial charge in [-0.3, -0.25) is 9.69 Å². The number of fused-ring (bicyclic) bond motifs is 1. The SMILES string of the molecule is CC1Cc2ccccc2N1C(=O)C1CCCN(Cc2nc(-c3ccc(Cl)cc3Cl)no2)C1. The number of hydrogen-bond acceptors (Lipinski definition) is 5. The maximum Gasteiger partial charge on any atom is 0.241 e. The molecule has 2 aliphatic heterocycles. The van der Waals surface area contributed by atoms with Gasteiger partial charge in [0.05, 0.1) is 17.5 Å². The zero-order valence-corrected chi connectivity index (χ0v) is 19.3. The molecule has 2 unspecified atom stereocenters. The van der Waals surface area contributed by atoms with Crippen LogP contribution in [0.25, 0.3) is 11.4 Å². The minimum absolute atomic E-state index is 0.0366. The Kier molecular flexibility index (Phi) is 5.93. The molecule has 2 aromatic carbocycles. The van der Waals surface area contributed by atoms with Gasteiger partial charge in [-0.15, -0.1) is 0 Å². The van der Waals surface area contributed by atoms with E-state index >= 15 is 0 Å². The predicted molar refractivity (Wildman–Crippen MR) is 125 cm³/mol. The average Bonchev–Trinajstić information content (AvgIpc) is 3.36. The van der Waals surface area contributed by atoms with Crippen molar-refractivity contribution >= 4 is 34.8 Å². The van der Waals surface area contributed by atoms with Gasteiger partial charge >= 0.3 is 0 Å². The molecule has 166 valence electrons. The number of carbonyl (C=O) groups excluding carboxylic acids is 1. The molecule has 1 aromatic heterocycles. The first-order chi connectivity index (χ1) is 15.5. The van der Waals surface area contributed by atoms with E-state index in [1.54, 1.807) is 18.2 Å². The number of rotatable bonds is 4. The summed E-state index contributed by atoms with van der Waals surface area (Å²) in [6.45, 7) is 4.22. The number of amides is 1. The van der Waals surface area contributed by atoms with Gasteiger partial charge < -0.3 is 9.42 Å². The van der Waals surface area contributed by atoms with Crippen LogP contribution in [0, 0.1) is 5.92 Å². The van der Waals surface area contributed by atoms with Crippen molar-refractivity contribution in [1.82, 2.24) is 15.0 Å². The molecule has 8 heteroatoms. The highest BCUT2D eigenvalue weighted by Crippen LogP contribution is 2.34. The Morgan fingerprint density at radius 2 is 2.06 bits per heavy atom. The van der Waals surface area contributed by atoms with Crippen LogP contribution in [0.15, 0.2) is 47.0 Å². The first-order valence-corrected chi connectivity index (χ1v) is 11.7. The van der Waals surface area contributed by atoms with Crippen molar-refractivity contribution in [2.24, 2.45) is 5.92 Å². The Bertz CT molecular complexity index is 1150. The first kappa shape index (κ1) is 21.4. The van der Waals surface area contributed by atoms with Gasteiger partial charge in [-0.1, -0.05) is 46.6 Å². The Labute approximate surface area is 197 Å². The molecule has 5 rings (SSSR count). The van der Waals surface area contributed by atoms with Crippen molar-refractivity contribution in [2.75, 3.05) is 18.0 Å². The highest BCUT2D eigenvalue weighted by molar-refractivity contribution is 6.36. The lowest BCUT2D eigenvalue weighted by atomic mass is 9.96. The zero-order chi connectivity index (χ0) is 22.2. The number of aromatic nitrogens is 2. The molecule has 1 saturated heterocycles. The fourth-order valence-electron chi connectivity index (χ4n) is 4.79. The van der Waals surface area contributed by atoms with E-state index in [0.717, 1.165) is 31.5 Å². The summed E-state index contributed by atoms with van der Waals surface area (Å²) in [7, 11) is 0. The second-order valence-corrected chi connectivity index (χ2v) is 9.44. The van der Waals surface area contributed by atoms with Gasteiger partial charge in [-0.25, -0.2) is 0 Å². The van der Waals surface area contributed by atoms with Crippen molar-refractivity contribution in [1.29, 1.82) is 0 Å². The predicted octanol–water partition coefficient (Wildman–Crippen LogP) is 5.23. The lowest BCUT2D eigenvalue weighted by Crippen LogP contribution is -2.46. The minimum Gasteiger partial charge on any atom is -0.338 e. The van der Waals surface area contributed by atoms with Gasteiger partial charge in [0, 0.05) is 28.9 Å². The molecule has 6 nitrogen and oxygen atoms in total. The fraction of sp³-hybridized carbons (Fsp3) is 0.375. The third-order valence-electron chi connectivity index (χ3n) is 6.30. The third-order valence-corrected chi connectivity index (χ3v) is 6.85. The molecular formula is C24H24Cl2N4O2. The summed E-state index contributed by atoms with van der Waals surface area (Å²) in [4.78, 5) is 22.2. The van der Waals surface area contributed by atoms with Crippen LogP contribution < -0.4 is 4.90 Å². The van der Waals surface area contributed by atoms with Crippen LogP contribution in [0.3, 0.4) is 0 Å². The van der Waals surface area contributed by atoms with E-state index < -0.39 is 0 Å². The summed E-state index contributed by atoms with van der Waals surface area (Å²) < 4.78 is 5.48. The summed E-state index contributed by atoms with van der Waals surface area (Å²) in [5.74, 6) is 1.13. The molecule has 0 spiro atoms. The third kappa shape index (κ3) is 4.15. The largest absolute Gasteiger partial charge is 0.338 e. The Hall–Kier alpha value is -2.41. The van der Waals surface area contributed by atoms with Crippen LogP contribution in [0.4, 0.5) is 5.69 Å². The van der Waals surface area contributed by atoms with Crippen LogP contribution in [0.2, 0.25) is 10.0 Å². The van der Waals surface area contributed by atoms with Gasteiger partial charge in [0.15, 0.2) is 0 Å². The number of likely N-dealkylation sites (tertiary alicyclic amines) is 1. The number of benzene rings is 2. The van der Waals surface area contributed by atoms with Crippen molar-refractivity contribution in [2.45, 2.75) is 38.8 Å². The maximum absolute atomic E-state index is 13.4. The number of piperidine rings is 1. The molecule has 32 heavy (non-hydrogen) atoms. The van der Waals surface area contributed by atoms with Gasteiger partial charge in [-0.05, 0) is 62.6 Å². The second kappa shape index (κ2) is 8.85. The Morgan fingerprint density at radius 1 is 1.22 bits per heavy atom. The topological polar surface area (TPSA) is 62.5 Å². The van der Waals surface area contributed by atoms with E-state index in [9.17, 15) is 4.79 Å². The molecule has 2 aliphatic rings. The zero-order valence-electron chi connectivity index (χ0n) is 17.8. The monoisotopic (exact) mass is 470 g/mol. The van der Waals surface area contributed by atoms with Gasteiger partial charge in [-0.2, -0.15) is 4.98 Å². The number of halogens is 2. The van der Waals surface area contributed by atoms with Crippen LogP contribution in [0.5, 0.6) is 0 Å². The smallest absolute Gasteiger partial charge is 0.241 e. The highest BCUT2D eigenvalue weighted by atomic mass is 35.5. The van der Waals surface area contributed by atoms with Crippen LogP contribution in [0.1, 0.15) is 31.2 Å². The summed E-state index contributed by atoms with van der Waals surface area (Å²) >= 11 is 12.2.